The maximum absolute atomic E-state index is 5.99. The van der Waals surface area contributed by atoms with Crippen molar-refractivity contribution >= 4 is 23.2 Å². The van der Waals surface area contributed by atoms with E-state index in [1.807, 2.05) is 31.2 Å². The molecule has 0 radical (unpaired) electrons. The van der Waals surface area contributed by atoms with Crippen LogP contribution in [0.4, 0.5) is 0 Å². The fourth-order valence-electron chi connectivity index (χ4n) is 1.48. The van der Waals surface area contributed by atoms with Gasteiger partial charge in [0.25, 0.3) is 0 Å². The Balaban J connectivity index is 2.45. The van der Waals surface area contributed by atoms with Crippen molar-refractivity contribution in [2.75, 3.05) is 6.61 Å². The molecule has 0 N–H and O–H groups in total. The van der Waals surface area contributed by atoms with Gasteiger partial charge in [-0.25, -0.2) is 0 Å². The van der Waals surface area contributed by atoms with Crippen LogP contribution in [-0.2, 0) is 0 Å². The minimum Gasteiger partial charge on any atom is -0.494 e. The Kier molecular flexibility index (Phi) is 3.82. The highest BCUT2D eigenvalue weighted by Crippen LogP contribution is 2.29. The van der Waals surface area contributed by atoms with Crippen LogP contribution in [0, 0.1) is 0 Å². The fraction of sp³-hybridized carbons (Fsp3) is 0.167. The molecule has 0 fully saturated rings. The third-order valence-electron chi connectivity index (χ3n) is 2.18. The van der Waals surface area contributed by atoms with Crippen LogP contribution in [0.2, 0.25) is 10.3 Å². The lowest BCUT2D eigenvalue weighted by Crippen LogP contribution is -1.92. The quantitative estimate of drug-likeness (QED) is 0.848. The molecule has 0 saturated heterocycles. The lowest BCUT2D eigenvalue weighted by Gasteiger charge is -2.07. The van der Waals surface area contributed by atoms with Gasteiger partial charge in [0.2, 0.25) is 0 Å². The molecule has 1 heterocycles. The molecule has 5 heteroatoms. The van der Waals surface area contributed by atoms with Crippen LogP contribution in [0.5, 0.6) is 5.75 Å². The SMILES string of the molecule is CCOc1cccc(-c2cc(Cl)nnc2Cl)c1. The molecule has 0 atom stereocenters. The molecule has 3 nitrogen and oxygen atoms in total. The highest BCUT2D eigenvalue weighted by molar-refractivity contribution is 6.33. The number of ether oxygens (including phenoxy) is 1. The van der Waals surface area contributed by atoms with E-state index in [1.54, 1.807) is 6.07 Å². The van der Waals surface area contributed by atoms with Crippen LogP contribution in [0.15, 0.2) is 30.3 Å². The molecule has 0 unspecified atom stereocenters. The largest absolute Gasteiger partial charge is 0.494 e. The van der Waals surface area contributed by atoms with E-state index in [0.717, 1.165) is 16.9 Å². The summed E-state index contributed by atoms with van der Waals surface area (Å²) in [6.45, 7) is 2.55. The summed E-state index contributed by atoms with van der Waals surface area (Å²) in [5.41, 5.74) is 1.64. The van der Waals surface area contributed by atoms with Gasteiger partial charge in [-0.2, -0.15) is 0 Å². The molecular weight excluding hydrogens is 259 g/mol. The lowest BCUT2D eigenvalue weighted by molar-refractivity contribution is 0.340. The van der Waals surface area contributed by atoms with Gasteiger partial charge in [0.15, 0.2) is 10.3 Å². The van der Waals surface area contributed by atoms with Gasteiger partial charge in [0.05, 0.1) is 6.61 Å². The molecular formula is C12H10Cl2N2O. The molecule has 0 bridgehead atoms. The standard InChI is InChI=1S/C12H10Cl2N2O/c1-2-17-9-5-3-4-8(6-9)10-7-11(13)15-16-12(10)14/h3-7H,2H2,1H3. The summed E-state index contributed by atoms with van der Waals surface area (Å²) in [6.07, 6.45) is 0. The Morgan fingerprint density at radius 1 is 1.18 bits per heavy atom. The van der Waals surface area contributed by atoms with Crippen LogP contribution in [-0.4, -0.2) is 16.8 Å². The van der Waals surface area contributed by atoms with Gasteiger partial charge in [0.1, 0.15) is 5.75 Å². The number of halogens is 2. The summed E-state index contributed by atoms with van der Waals surface area (Å²) in [6, 6.07) is 9.27. The van der Waals surface area contributed by atoms with Crippen molar-refractivity contribution in [1.29, 1.82) is 0 Å². The molecule has 1 aromatic carbocycles. The van der Waals surface area contributed by atoms with E-state index in [1.165, 1.54) is 0 Å². The van der Waals surface area contributed by atoms with E-state index in [0.29, 0.717) is 16.9 Å². The number of aromatic nitrogens is 2. The molecule has 0 spiro atoms. The molecule has 17 heavy (non-hydrogen) atoms. The molecule has 1 aromatic heterocycles. The van der Waals surface area contributed by atoms with Crippen molar-refractivity contribution in [1.82, 2.24) is 10.2 Å². The molecule has 0 aliphatic carbocycles. The van der Waals surface area contributed by atoms with Crippen molar-refractivity contribution in [3.05, 3.63) is 40.6 Å². The van der Waals surface area contributed by atoms with Crippen LogP contribution in [0.3, 0.4) is 0 Å². The first kappa shape index (κ1) is 12.1. The van der Waals surface area contributed by atoms with Gasteiger partial charge in [-0.1, -0.05) is 35.3 Å². The minimum absolute atomic E-state index is 0.311. The molecule has 0 aliphatic rings. The van der Waals surface area contributed by atoms with Gasteiger partial charge in [-0.3, -0.25) is 0 Å². The normalized spacial score (nSPS) is 10.3. The van der Waals surface area contributed by atoms with Crippen LogP contribution in [0.1, 0.15) is 6.92 Å². The smallest absolute Gasteiger partial charge is 0.159 e. The van der Waals surface area contributed by atoms with Crippen LogP contribution in [0.25, 0.3) is 11.1 Å². The summed E-state index contributed by atoms with van der Waals surface area (Å²) in [5.74, 6) is 0.786. The highest BCUT2D eigenvalue weighted by atomic mass is 35.5. The van der Waals surface area contributed by atoms with Crippen molar-refractivity contribution in [3.63, 3.8) is 0 Å². The lowest BCUT2D eigenvalue weighted by atomic mass is 10.1. The highest BCUT2D eigenvalue weighted by Gasteiger charge is 2.07. The molecule has 0 amide bonds. The van der Waals surface area contributed by atoms with E-state index in [2.05, 4.69) is 10.2 Å². The van der Waals surface area contributed by atoms with E-state index in [4.69, 9.17) is 27.9 Å². The molecule has 0 aliphatic heterocycles. The second-order valence-corrected chi connectivity index (χ2v) is 4.08. The predicted octanol–water partition coefficient (Wildman–Crippen LogP) is 3.85. The molecule has 0 saturated carbocycles. The van der Waals surface area contributed by atoms with Crippen LogP contribution >= 0.6 is 23.2 Å². The van der Waals surface area contributed by atoms with E-state index in [-0.39, 0.29) is 0 Å². The van der Waals surface area contributed by atoms with E-state index >= 15 is 0 Å². The Bertz CT molecular complexity index is 532. The number of nitrogens with zero attached hydrogens (tertiary/aromatic N) is 2. The third kappa shape index (κ3) is 2.87. The zero-order chi connectivity index (χ0) is 12.3. The van der Waals surface area contributed by atoms with Crippen molar-refractivity contribution in [3.8, 4) is 16.9 Å². The zero-order valence-electron chi connectivity index (χ0n) is 9.15. The average Bonchev–Trinajstić information content (AvgIpc) is 2.33. The van der Waals surface area contributed by atoms with E-state index in [9.17, 15) is 0 Å². The Hall–Kier alpha value is -1.32. The van der Waals surface area contributed by atoms with Crippen molar-refractivity contribution in [2.45, 2.75) is 6.92 Å². The number of rotatable bonds is 3. The maximum atomic E-state index is 5.99. The fourth-order valence-corrected chi connectivity index (χ4v) is 1.82. The number of benzene rings is 1. The Morgan fingerprint density at radius 2 is 2.00 bits per heavy atom. The Labute approximate surface area is 109 Å². The van der Waals surface area contributed by atoms with Gasteiger partial charge in [0, 0.05) is 5.56 Å². The van der Waals surface area contributed by atoms with Gasteiger partial charge < -0.3 is 4.74 Å². The third-order valence-corrected chi connectivity index (χ3v) is 2.64. The Morgan fingerprint density at radius 3 is 2.76 bits per heavy atom. The summed E-state index contributed by atoms with van der Waals surface area (Å²) in [4.78, 5) is 0. The first-order chi connectivity index (χ1) is 8.20. The van der Waals surface area contributed by atoms with Crippen molar-refractivity contribution < 1.29 is 4.74 Å². The summed E-state index contributed by atoms with van der Waals surface area (Å²) in [5, 5.41) is 8.08. The zero-order valence-corrected chi connectivity index (χ0v) is 10.7. The van der Waals surface area contributed by atoms with Crippen LogP contribution < -0.4 is 4.74 Å². The topological polar surface area (TPSA) is 35.0 Å². The summed E-state index contributed by atoms with van der Waals surface area (Å²) < 4.78 is 5.43. The number of hydrogen-bond acceptors (Lipinski definition) is 3. The van der Waals surface area contributed by atoms with E-state index < -0.39 is 0 Å². The second-order valence-electron chi connectivity index (χ2n) is 3.33. The van der Waals surface area contributed by atoms with Gasteiger partial charge >= 0.3 is 0 Å². The predicted molar refractivity (Wildman–Crippen MR) is 68.7 cm³/mol. The molecule has 2 aromatic rings. The van der Waals surface area contributed by atoms with Gasteiger partial charge in [-0.15, -0.1) is 10.2 Å². The second kappa shape index (κ2) is 5.34. The minimum atomic E-state index is 0.311. The first-order valence-electron chi connectivity index (χ1n) is 5.12. The first-order valence-corrected chi connectivity index (χ1v) is 5.88. The van der Waals surface area contributed by atoms with Gasteiger partial charge in [-0.05, 0) is 30.7 Å². The summed E-state index contributed by atoms with van der Waals surface area (Å²) in [7, 11) is 0. The average molecular weight is 269 g/mol. The maximum Gasteiger partial charge on any atom is 0.159 e. The molecule has 2 rings (SSSR count). The summed E-state index contributed by atoms with van der Waals surface area (Å²) >= 11 is 11.8. The van der Waals surface area contributed by atoms with Crippen molar-refractivity contribution in [2.24, 2.45) is 0 Å². The molecule has 88 valence electrons. The monoisotopic (exact) mass is 268 g/mol. The number of hydrogen-bond donors (Lipinski definition) is 0.